The lowest BCUT2D eigenvalue weighted by atomic mass is 10.1. The average molecular weight is 291 g/mol. The molecule has 7 heteroatoms. The molecule has 0 saturated carbocycles. The molecule has 20 heavy (non-hydrogen) atoms. The van der Waals surface area contributed by atoms with Gasteiger partial charge < -0.3 is 5.32 Å². The van der Waals surface area contributed by atoms with Gasteiger partial charge in [0.2, 0.25) is 11.0 Å². The monoisotopic (exact) mass is 290 g/mol. The van der Waals surface area contributed by atoms with Crippen LogP contribution in [0.1, 0.15) is 17.5 Å². The predicted octanol–water partition coefficient (Wildman–Crippen LogP) is 3.27. The van der Waals surface area contributed by atoms with Gasteiger partial charge in [0.15, 0.2) is 0 Å². The van der Waals surface area contributed by atoms with Crippen molar-refractivity contribution in [2.24, 2.45) is 0 Å². The van der Waals surface area contributed by atoms with E-state index in [1.807, 2.05) is 18.2 Å². The number of nitro groups is 1. The van der Waals surface area contributed by atoms with Crippen molar-refractivity contribution in [3.63, 3.8) is 0 Å². The third-order valence-electron chi connectivity index (χ3n) is 3.32. The van der Waals surface area contributed by atoms with Crippen molar-refractivity contribution < 1.29 is 4.92 Å². The van der Waals surface area contributed by atoms with Gasteiger partial charge in [-0.1, -0.05) is 17.7 Å². The van der Waals surface area contributed by atoms with Crippen LogP contribution in [0.2, 0.25) is 5.15 Å². The van der Waals surface area contributed by atoms with Crippen LogP contribution in [0.4, 0.5) is 17.2 Å². The third kappa shape index (κ3) is 2.30. The summed E-state index contributed by atoms with van der Waals surface area (Å²) in [5.41, 5.74) is 3.07. The van der Waals surface area contributed by atoms with Crippen LogP contribution < -0.4 is 5.32 Å². The van der Waals surface area contributed by atoms with E-state index in [0.29, 0.717) is 0 Å². The molecular formula is C13H11ClN4O2. The Labute approximate surface area is 120 Å². The summed E-state index contributed by atoms with van der Waals surface area (Å²) in [5.74, 6) is 0.105. The molecule has 0 spiro atoms. The number of rotatable bonds is 3. The highest BCUT2D eigenvalue weighted by Crippen LogP contribution is 2.32. The topological polar surface area (TPSA) is 81.0 Å². The van der Waals surface area contributed by atoms with Gasteiger partial charge in [-0.2, -0.15) is 0 Å². The highest BCUT2D eigenvalue weighted by molar-refractivity contribution is 6.31. The first kappa shape index (κ1) is 12.8. The van der Waals surface area contributed by atoms with E-state index in [4.69, 9.17) is 11.6 Å². The van der Waals surface area contributed by atoms with Crippen LogP contribution in [0.5, 0.6) is 0 Å². The summed E-state index contributed by atoms with van der Waals surface area (Å²) in [7, 11) is 0. The quantitative estimate of drug-likeness (QED) is 0.533. The van der Waals surface area contributed by atoms with Crippen LogP contribution >= 0.6 is 11.6 Å². The number of hydrogen-bond acceptors (Lipinski definition) is 5. The zero-order valence-electron chi connectivity index (χ0n) is 10.5. The van der Waals surface area contributed by atoms with E-state index in [9.17, 15) is 10.1 Å². The van der Waals surface area contributed by atoms with Crippen LogP contribution in [0, 0.1) is 10.1 Å². The molecule has 1 heterocycles. The fourth-order valence-corrected chi connectivity index (χ4v) is 2.60. The minimum absolute atomic E-state index is 0.105. The predicted molar refractivity (Wildman–Crippen MR) is 75.4 cm³/mol. The molecule has 1 N–H and O–H groups in total. The highest BCUT2D eigenvalue weighted by atomic mass is 35.5. The Balaban J connectivity index is 1.95. The molecule has 0 fully saturated rings. The Morgan fingerprint density at radius 3 is 2.85 bits per heavy atom. The van der Waals surface area contributed by atoms with Crippen molar-refractivity contribution in [1.29, 1.82) is 0 Å². The van der Waals surface area contributed by atoms with E-state index in [2.05, 4.69) is 15.3 Å². The lowest BCUT2D eigenvalue weighted by Crippen LogP contribution is -2.02. The van der Waals surface area contributed by atoms with Gasteiger partial charge in [0.1, 0.15) is 6.33 Å². The summed E-state index contributed by atoms with van der Waals surface area (Å²) >= 11 is 5.75. The number of nitrogens with one attached hydrogen (secondary N) is 1. The number of hydrogen-bond donors (Lipinski definition) is 1. The molecule has 0 radical (unpaired) electrons. The largest absolute Gasteiger partial charge is 0.348 e. The number of fused-ring (bicyclic) bond motifs is 1. The fraction of sp³-hybridized carbons (Fsp3) is 0.231. The zero-order valence-corrected chi connectivity index (χ0v) is 11.2. The Kier molecular flexibility index (Phi) is 3.23. The molecule has 102 valence electrons. The number of nitrogens with zero attached hydrogens (tertiary/aromatic N) is 3. The first-order chi connectivity index (χ1) is 9.65. The molecule has 6 nitrogen and oxygen atoms in total. The van der Waals surface area contributed by atoms with Crippen LogP contribution in [0.3, 0.4) is 0 Å². The third-order valence-corrected chi connectivity index (χ3v) is 3.60. The van der Waals surface area contributed by atoms with E-state index < -0.39 is 4.92 Å². The normalized spacial score (nSPS) is 13.1. The fourth-order valence-electron chi connectivity index (χ4n) is 2.40. The van der Waals surface area contributed by atoms with Gasteiger partial charge in [0.05, 0.1) is 4.92 Å². The molecule has 0 atom stereocenters. The number of aryl methyl sites for hydroxylation is 2. The van der Waals surface area contributed by atoms with Gasteiger partial charge in [0, 0.05) is 5.69 Å². The zero-order chi connectivity index (χ0) is 14.1. The summed E-state index contributed by atoms with van der Waals surface area (Å²) in [5, 5.41) is 13.8. The molecule has 1 aromatic heterocycles. The maximum absolute atomic E-state index is 11.0. The molecule has 0 amide bonds. The second-order valence-corrected chi connectivity index (χ2v) is 4.94. The first-order valence-electron chi connectivity index (χ1n) is 6.19. The second-order valence-electron chi connectivity index (χ2n) is 4.58. The summed E-state index contributed by atoms with van der Waals surface area (Å²) < 4.78 is 0. The second kappa shape index (κ2) is 5.05. The van der Waals surface area contributed by atoms with Crippen LogP contribution in [0.25, 0.3) is 0 Å². The van der Waals surface area contributed by atoms with Crippen LogP contribution in [-0.4, -0.2) is 14.9 Å². The smallest absolute Gasteiger partial charge is 0.334 e. The van der Waals surface area contributed by atoms with Crippen molar-refractivity contribution in [2.45, 2.75) is 19.3 Å². The van der Waals surface area contributed by atoms with Crippen molar-refractivity contribution in [2.75, 3.05) is 5.32 Å². The minimum Gasteiger partial charge on any atom is -0.334 e. The summed E-state index contributed by atoms with van der Waals surface area (Å²) in [6, 6.07) is 5.94. The molecule has 1 aromatic carbocycles. The van der Waals surface area contributed by atoms with Gasteiger partial charge in [0.25, 0.3) is 0 Å². The van der Waals surface area contributed by atoms with Crippen molar-refractivity contribution in [3.05, 3.63) is 50.9 Å². The number of benzene rings is 1. The molecule has 1 aliphatic rings. The van der Waals surface area contributed by atoms with Gasteiger partial charge in [-0.05, 0) is 42.5 Å². The summed E-state index contributed by atoms with van der Waals surface area (Å²) in [6.07, 6.45) is 4.48. The van der Waals surface area contributed by atoms with E-state index in [1.54, 1.807) is 0 Å². The summed E-state index contributed by atoms with van der Waals surface area (Å²) in [4.78, 5) is 18.0. The maximum Gasteiger partial charge on any atom is 0.348 e. The van der Waals surface area contributed by atoms with Gasteiger partial charge in [-0.15, -0.1) is 0 Å². The average Bonchev–Trinajstić information content (AvgIpc) is 2.85. The minimum atomic E-state index is -0.585. The lowest BCUT2D eigenvalue weighted by molar-refractivity contribution is -0.384. The molecule has 0 unspecified atom stereocenters. The summed E-state index contributed by atoms with van der Waals surface area (Å²) in [6.45, 7) is 0. The Bertz CT molecular complexity index is 690. The van der Waals surface area contributed by atoms with E-state index in [-0.39, 0.29) is 16.7 Å². The molecule has 1 aliphatic carbocycles. The Morgan fingerprint density at radius 1 is 1.25 bits per heavy atom. The van der Waals surface area contributed by atoms with E-state index in [1.165, 1.54) is 17.5 Å². The maximum atomic E-state index is 11.0. The Morgan fingerprint density at radius 2 is 2.05 bits per heavy atom. The van der Waals surface area contributed by atoms with Crippen molar-refractivity contribution in [1.82, 2.24) is 9.97 Å². The van der Waals surface area contributed by atoms with Crippen molar-refractivity contribution >= 4 is 28.8 Å². The first-order valence-corrected chi connectivity index (χ1v) is 6.56. The highest BCUT2D eigenvalue weighted by Gasteiger charge is 2.22. The van der Waals surface area contributed by atoms with Crippen LogP contribution in [-0.2, 0) is 12.8 Å². The molecule has 3 rings (SSSR count). The van der Waals surface area contributed by atoms with Gasteiger partial charge >= 0.3 is 5.69 Å². The molecule has 2 aromatic rings. The molecule has 0 saturated heterocycles. The number of aromatic nitrogens is 2. The molecule has 0 aliphatic heterocycles. The number of halogens is 1. The lowest BCUT2D eigenvalue weighted by Gasteiger charge is -2.08. The van der Waals surface area contributed by atoms with Crippen molar-refractivity contribution in [3.8, 4) is 0 Å². The Hall–Kier alpha value is -2.21. The van der Waals surface area contributed by atoms with Crippen LogP contribution in [0.15, 0.2) is 24.5 Å². The van der Waals surface area contributed by atoms with Gasteiger partial charge in [-0.25, -0.2) is 9.97 Å². The number of anilines is 2. The van der Waals surface area contributed by atoms with E-state index >= 15 is 0 Å². The SMILES string of the molecule is O=[N+]([O-])c1c(Cl)ncnc1Nc1ccc2c(c1)CCC2. The molecular weight excluding hydrogens is 280 g/mol. The molecule has 0 bridgehead atoms. The van der Waals surface area contributed by atoms with E-state index in [0.717, 1.165) is 24.9 Å². The standard InChI is InChI=1S/C13H11ClN4O2/c14-12-11(18(19)20)13(16-7-15-12)17-10-5-4-8-2-1-3-9(8)6-10/h4-7H,1-3H2,(H,15,16,17). The van der Waals surface area contributed by atoms with Gasteiger partial charge in [-0.3, -0.25) is 10.1 Å².